The first-order chi connectivity index (χ1) is 14.9. The molecule has 0 spiro atoms. The maximum Gasteiger partial charge on any atom is -0.0663 e. The first-order valence-corrected chi connectivity index (χ1v) is 14.0. The van der Waals surface area contributed by atoms with Gasteiger partial charge in [0, 0.05) is 0 Å². The summed E-state index contributed by atoms with van der Waals surface area (Å²) in [6.45, 7) is 33.7. The monoisotopic (exact) mass is 637 g/mol. The smallest absolute Gasteiger partial charge is 0.0663 e. The Morgan fingerprint density at radius 3 is 0.909 bits per heavy atom. The van der Waals surface area contributed by atoms with E-state index in [0.717, 1.165) is 12.8 Å². The molecule has 6 heteroatoms. The molecule has 0 atom stereocenters. The van der Waals surface area contributed by atoms with E-state index >= 15 is 0 Å². The average Bonchev–Trinajstić information content (AvgIpc) is 2.64. The van der Waals surface area contributed by atoms with E-state index in [0.29, 0.717) is 30.2 Å². The maximum absolute atomic E-state index is 4.44. The molecule has 0 rings (SSSR count). The Bertz CT molecular complexity index is 396. The molecule has 0 radical (unpaired) electrons. The van der Waals surface area contributed by atoms with Crippen LogP contribution >= 0.6 is 0 Å². The molecule has 0 N–H and O–H groups in total. The van der Waals surface area contributed by atoms with Crippen LogP contribution in [-0.2, 0) is 19.6 Å². The zero-order valence-electron chi connectivity index (χ0n) is 25.1. The second-order valence-electron chi connectivity index (χ2n) is 10.8. The van der Waals surface area contributed by atoms with E-state index in [1.54, 1.807) is 0 Å². The van der Waals surface area contributed by atoms with E-state index in [4.69, 9.17) is 0 Å². The summed E-state index contributed by atoms with van der Waals surface area (Å²) >= 11 is 1.33. The fourth-order valence-corrected chi connectivity index (χ4v) is 1.85. The summed E-state index contributed by atoms with van der Waals surface area (Å²) in [5.74, 6) is 0. The predicted molar refractivity (Wildman–Crippen MR) is 149 cm³/mol. The van der Waals surface area contributed by atoms with Crippen LogP contribution in [0.15, 0.2) is 15.9 Å². The molecule has 0 saturated carbocycles. The zero-order chi connectivity index (χ0) is 27.3. The van der Waals surface area contributed by atoms with Gasteiger partial charge in [-0.1, -0.05) is 110 Å². The first-order valence-electron chi connectivity index (χ1n) is 12.7. The van der Waals surface area contributed by atoms with Gasteiger partial charge in [-0.25, -0.2) is 12.4 Å². The number of hydrogen-bond donors (Lipinski definition) is 0. The molecule has 0 bridgehead atoms. The molecule has 0 unspecified atom stereocenters. The number of nitrogens with zero attached hydrogens (tertiary/aromatic N) is 5. The molecule has 0 aromatic rings. The molecule has 0 aliphatic heterocycles. The maximum atomic E-state index is 4.44. The Labute approximate surface area is 221 Å². The third kappa shape index (κ3) is 45.9. The van der Waals surface area contributed by atoms with Crippen LogP contribution in [0.1, 0.15) is 124 Å². The minimum atomic E-state index is 0.0440. The molecular formula is C27H59N5W-4. The SMILES string of the molecule is CC(C)[N-]C(C)C.CC(C)[N-]C(C)C.CC(C)[N]=[W].CCC(C)(C)[N-]/C=C\[N-]C(C)(C)CC. The van der Waals surface area contributed by atoms with Gasteiger partial charge in [0.05, 0.1) is 0 Å². The van der Waals surface area contributed by atoms with Crippen molar-refractivity contribution >= 4 is 0 Å². The second-order valence-corrected chi connectivity index (χ2v) is 11.5. The van der Waals surface area contributed by atoms with Crippen molar-refractivity contribution in [1.29, 1.82) is 0 Å². The molecule has 202 valence electrons. The molecule has 0 heterocycles. The van der Waals surface area contributed by atoms with Crippen molar-refractivity contribution in [3.8, 4) is 0 Å². The minimum absolute atomic E-state index is 0.0440. The van der Waals surface area contributed by atoms with E-state index in [1.165, 1.54) is 19.6 Å². The molecule has 0 amide bonds. The van der Waals surface area contributed by atoms with Gasteiger partial charge in [-0.05, 0) is 0 Å². The van der Waals surface area contributed by atoms with Crippen LogP contribution in [-0.4, -0.2) is 41.3 Å². The van der Waals surface area contributed by atoms with E-state index in [2.05, 4.69) is 136 Å². The molecule has 0 aliphatic rings. The molecule has 0 aliphatic carbocycles. The van der Waals surface area contributed by atoms with Crippen molar-refractivity contribution in [3.05, 3.63) is 33.7 Å². The van der Waals surface area contributed by atoms with Crippen LogP contribution in [0.5, 0.6) is 0 Å². The average molecular weight is 638 g/mol. The van der Waals surface area contributed by atoms with Gasteiger partial charge in [0.25, 0.3) is 0 Å². The molecule has 0 aromatic heterocycles. The van der Waals surface area contributed by atoms with Crippen LogP contribution in [0.4, 0.5) is 0 Å². The summed E-state index contributed by atoms with van der Waals surface area (Å²) in [5.41, 5.74) is 0.0881. The zero-order valence-corrected chi connectivity index (χ0v) is 28.0. The second kappa shape index (κ2) is 23.5. The van der Waals surface area contributed by atoms with Crippen molar-refractivity contribution in [2.75, 3.05) is 0 Å². The van der Waals surface area contributed by atoms with Gasteiger partial charge in [0.2, 0.25) is 0 Å². The van der Waals surface area contributed by atoms with Crippen LogP contribution in [0.25, 0.3) is 21.3 Å². The Morgan fingerprint density at radius 2 is 0.818 bits per heavy atom. The van der Waals surface area contributed by atoms with Gasteiger partial charge in [-0.15, -0.1) is 35.2 Å². The molecular weight excluding hydrogens is 578 g/mol. The van der Waals surface area contributed by atoms with Crippen LogP contribution in [0.2, 0.25) is 0 Å². The summed E-state index contributed by atoms with van der Waals surface area (Å²) in [7, 11) is 0. The Kier molecular flexibility index (Phi) is 28.4. The van der Waals surface area contributed by atoms with E-state index in [1.807, 2.05) is 12.4 Å². The Morgan fingerprint density at radius 1 is 0.606 bits per heavy atom. The third-order valence-electron chi connectivity index (χ3n) is 4.05. The van der Waals surface area contributed by atoms with Gasteiger partial charge in [-0.3, -0.25) is 0 Å². The first kappa shape index (κ1) is 39.9. The Hall–Kier alpha value is -0.252. The van der Waals surface area contributed by atoms with Gasteiger partial charge >= 0.3 is 43.0 Å². The van der Waals surface area contributed by atoms with Crippen LogP contribution < -0.4 is 0 Å². The van der Waals surface area contributed by atoms with E-state index < -0.39 is 0 Å². The number of hydrogen-bond acceptors (Lipinski definition) is 1. The normalized spacial score (nSPS) is 11.7. The molecule has 33 heavy (non-hydrogen) atoms. The summed E-state index contributed by atoms with van der Waals surface area (Å²) in [4.78, 5) is 0. The Balaban J connectivity index is -0.000000187. The number of rotatable bonds is 11. The third-order valence-corrected chi connectivity index (χ3v) is 5.56. The fraction of sp³-hybridized carbons (Fsp3) is 0.926. The van der Waals surface area contributed by atoms with Gasteiger partial charge in [-0.2, -0.15) is 0 Å². The van der Waals surface area contributed by atoms with Crippen molar-refractivity contribution in [1.82, 2.24) is 0 Å². The molecule has 5 nitrogen and oxygen atoms in total. The topological polar surface area (TPSA) is 68.8 Å². The summed E-state index contributed by atoms with van der Waals surface area (Å²) < 4.78 is 3.97. The van der Waals surface area contributed by atoms with Crippen molar-refractivity contribution < 1.29 is 19.6 Å². The van der Waals surface area contributed by atoms with Gasteiger partial charge in [0.1, 0.15) is 0 Å². The van der Waals surface area contributed by atoms with Crippen LogP contribution in [0.3, 0.4) is 0 Å². The van der Waals surface area contributed by atoms with Crippen molar-refractivity contribution in [3.63, 3.8) is 0 Å². The predicted octanol–water partition coefficient (Wildman–Crippen LogP) is 10.1. The van der Waals surface area contributed by atoms with E-state index in [9.17, 15) is 0 Å². The van der Waals surface area contributed by atoms with Crippen LogP contribution in [0, 0.1) is 0 Å². The summed E-state index contributed by atoms with van der Waals surface area (Å²) in [6.07, 6.45) is 5.74. The van der Waals surface area contributed by atoms with Gasteiger partial charge in [0.15, 0.2) is 0 Å². The van der Waals surface area contributed by atoms with Gasteiger partial charge < -0.3 is 21.3 Å². The quantitative estimate of drug-likeness (QED) is 0.216. The molecule has 0 saturated heterocycles. The van der Waals surface area contributed by atoms with Crippen molar-refractivity contribution in [2.45, 2.75) is 165 Å². The molecule has 0 aromatic carbocycles. The molecule has 0 fully saturated rings. The standard InChI is InChI=1S/C12H24N2.2C6H14N.C3H7N.W/c1-7-11(3,4)13-9-10-14-12(5,6)8-2;2*1-5(2)7-6(3)4;1-3(2)4;/h9-10H,7-8H2,1-6H3;2*5-6H,1-4H3;3H,1-2H3;/q-2;2*-1;;/b10-9-;;;;. The summed E-state index contributed by atoms with van der Waals surface area (Å²) in [6, 6.07) is 2.55. The minimum Gasteiger partial charge on any atom is -0.687 e. The summed E-state index contributed by atoms with van der Waals surface area (Å²) in [5, 5.41) is 17.4. The largest absolute Gasteiger partial charge is 0.687 e. The fourth-order valence-electron chi connectivity index (χ4n) is 1.85. The van der Waals surface area contributed by atoms with Crippen molar-refractivity contribution in [2.24, 2.45) is 3.50 Å². The van der Waals surface area contributed by atoms with E-state index in [-0.39, 0.29) is 11.1 Å².